The number of rotatable bonds is 4. The number of aryl methyl sites for hydroxylation is 4. The van der Waals surface area contributed by atoms with E-state index in [1.54, 1.807) is 0 Å². The van der Waals surface area contributed by atoms with Crippen LogP contribution in [0.15, 0.2) is 122 Å². The Balaban J connectivity index is 0.00000203. The van der Waals surface area contributed by atoms with Crippen LogP contribution in [0.3, 0.4) is 0 Å². The van der Waals surface area contributed by atoms with Crippen molar-refractivity contribution in [1.29, 1.82) is 0 Å². The Morgan fingerprint density at radius 1 is 0.370 bits per heavy atom. The molecule has 10 heteroatoms. The van der Waals surface area contributed by atoms with E-state index in [0.29, 0.717) is 0 Å². The van der Waals surface area contributed by atoms with E-state index in [4.69, 9.17) is 19.9 Å². The van der Waals surface area contributed by atoms with E-state index >= 15 is 0 Å². The molecule has 0 radical (unpaired) electrons. The fraction of sp³-hybridized carbons (Fsp3) is 0.0909. The zero-order valence-corrected chi connectivity index (χ0v) is 31.9. The van der Waals surface area contributed by atoms with Gasteiger partial charge in [0, 0.05) is 48.5 Å². The first kappa shape index (κ1) is 35.0. The molecule has 0 amide bonds. The topological polar surface area (TPSA) is 69.5 Å². The van der Waals surface area contributed by atoms with E-state index in [1.165, 1.54) is 0 Å². The molecule has 2 aliphatic rings. The Hall–Kier alpha value is -6.00. The SMILES string of the molecule is C[n+]1ccc(-c2c3nc(c(-c4cc[n+](C)cc4)c4ccc([n-]4)c(-c4cc[n+](C)cc4)c4nc(c(-c5cc[n+](C)cc5)c5ccc2[n-]5)C=C4)C=C3)cc1.[Cl][Co+2]. The molecule has 9 rings (SSSR count). The standard InChI is InChI=1S/C44H36N8.ClH.Co/c1-49-21-13-29(14-22-49)41-33-5-7-35(45-33)42(30-15-23-50(2)24-16-30)37-9-11-39(47-37)44(32-19-27-52(4)28-20-32)40-12-10-38(48-40)43(36-8-6-34(41)46-36)31-17-25-51(3)26-18-31;;/h5-28H,1-4H3;1H;/q+2;;+3/p-1. The van der Waals surface area contributed by atoms with Crippen molar-refractivity contribution in [2.45, 2.75) is 0 Å². The molecule has 2 aliphatic heterocycles. The minimum absolute atomic E-state index is 0.845. The van der Waals surface area contributed by atoms with Gasteiger partial charge in [-0.3, -0.25) is 0 Å². The summed E-state index contributed by atoms with van der Waals surface area (Å²) in [6, 6.07) is 25.4. The average molecular weight is 771 g/mol. The third-order valence-corrected chi connectivity index (χ3v) is 9.68. The quantitative estimate of drug-likeness (QED) is 0.190. The average Bonchev–Trinajstić information content (AvgIpc) is 4.03. The molecule has 9 heterocycles. The Kier molecular flexibility index (Phi) is 9.60. The molecule has 0 fully saturated rings. The Bertz CT molecular complexity index is 2370. The first-order chi connectivity index (χ1) is 26.4. The van der Waals surface area contributed by atoms with Gasteiger partial charge in [-0.25, -0.2) is 28.2 Å². The molecule has 0 unspecified atom stereocenters. The zero-order chi connectivity index (χ0) is 37.3. The molecule has 0 atom stereocenters. The zero-order valence-electron chi connectivity index (χ0n) is 30.1. The third-order valence-electron chi connectivity index (χ3n) is 9.68. The van der Waals surface area contributed by atoms with Gasteiger partial charge >= 0.3 is 25.0 Å². The maximum absolute atomic E-state index is 5.35. The van der Waals surface area contributed by atoms with Crippen LogP contribution in [0.2, 0.25) is 0 Å². The second kappa shape index (κ2) is 14.8. The second-order valence-corrected chi connectivity index (χ2v) is 13.4. The Labute approximate surface area is 325 Å². The summed E-state index contributed by atoms with van der Waals surface area (Å²) in [5.41, 5.74) is 14.7. The fourth-order valence-corrected chi connectivity index (χ4v) is 6.94. The summed E-state index contributed by atoms with van der Waals surface area (Å²) in [5, 5.41) is 0. The van der Waals surface area contributed by atoms with Crippen molar-refractivity contribution in [2.75, 3.05) is 0 Å². The predicted molar refractivity (Wildman–Crippen MR) is 209 cm³/mol. The molecule has 0 spiro atoms. The molecule has 0 saturated heterocycles. The van der Waals surface area contributed by atoms with Gasteiger partial charge in [-0.2, -0.15) is 0 Å². The van der Waals surface area contributed by atoms with Crippen LogP contribution >= 0.6 is 10.1 Å². The van der Waals surface area contributed by atoms with Crippen LogP contribution in [0.1, 0.15) is 22.8 Å². The van der Waals surface area contributed by atoms with Gasteiger partial charge in [0.05, 0.1) is 22.8 Å². The molecule has 0 aliphatic carbocycles. The number of pyridine rings is 4. The van der Waals surface area contributed by atoms with Crippen LogP contribution in [-0.2, 0) is 43.0 Å². The van der Waals surface area contributed by atoms with Crippen molar-refractivity contribution in [3.63, 3.8) is 0 Å². The van der Waals surface area contributed by atoms with Gasteiger partial charge in [-0.1, -0.05) is 24.3 Å². The first-order valence-corrected chi connectivity index (χ1v) is 18.8. The molecule has 0 aromatic carbocycles. The molecule has 264 valence electrons. The predicted octanol–water partition coefficient (Wildman–Crippen LogP) is 6.57. The van der Waals surface area contributed by atoms with Crippen LogP contribution in [0.4, 0.5) is 0 Å². The molecular weight excluding hydrogens is 735 g/mol. The summed E-state index contributed by atoms with van der Waals surface area (Å²) in [7, 11) is 12.4. The number of nitrogens with zero attached hydrogens (tertiary/aromatic N) is 8. The van der Waals surface area contributed by atoms with Crippen molar-refractivity contribution in [1.82, 2.24) is 19.9 Å². The van der Waals surface area contributed by atoms with Gasteiger partial charge in [0.1, 0.15) is 28.2 Å². The molecule has 7 aromatic rings. The summed E-state index contributed by atoms with van der Waals surface area (Å²) >= 11 is 3.03. The minimum atomic E-state index is 0.845. The summed E-state index contributed by atoms with van der Waals surface area (Å²) in [5.74, 6) is 0. The Morgan fingerprint density at radius 3 is 0.778 bits per heavy atom. The van der Waals surface area contributed by atoms with Gasteiger partial charge in [-0.05, 0) is 68.8 Å². The molecule has 8 bridgehead atoms. The van der Waals surface area contributed by atoms with E-state index in [1.807, 2.05) is 46.5 Å². The van der Waals surface area contributed by atoms with Crippen LogP contribution in [0, 0.1) is 0 Å². The van der Waals surface area contributed by atoms with E-state index in [0.717, 1.165) is 89.4 Å². The van der Waals surface area contributed by atoms with Gasteiger partial charge in [0.25, 0.3) is 0 Å². The monoisotopic (exact) mass is 770 g/mol. The Morgan fingerprint density at radius 2 is 0.574 bits per heavy atom. The number of halogens is 1. The number of hydrogen-bond donors (Lipinski definition) is 0. The van der Waals surface area contributed by atoms with Gasteiger partial charge < -0.3 is 9.97 Å². The molecule has 8 nitrogen and oxygen atoms in total. The third kappa shape index (κ3) is 6.69. The van der Waals surface area contributed by atoms with E-state index in [9.17, 15) is 0 Å². The maximum atomic E-state index is 5.35. The molecule has 7 aromatic heterocycles. The number of aromatic nitrogens is 8. The molecule has 0 N–H and O–H groups in total. The van der Waals surface area contributed by atoms with Crippen molar-refractivity contribution >= 4 is 56.5 Å². The summed E-state index contributed by atoms with van der Waals surface area (Å²) in [6.07, 6.45) is 24.9. The van der Waals surface area contributed by atoms with E-state index in [-0.39, 0.29) is 0 Å². The van der Waals surface area contributed by atoms with Crippen LogP contribution in [0.5, 0.6) is 0 Å². The first-order valence-electron chi connectivity index (χ1n) is 17.4. The fourth-order valence-electron chi connectivity index (χ4n) is 6.94. The van der Waals surface area contributed by atoms with Crippen LogP contribution in [-0.4, -0.2) is 9.97 Å². The van der Waals surface area contributed by atoms with E-state index < -0.39 is 0 Å². The van der Waals surface area contributed by atoms with Crippen molar-refractivity contribution < 1.29 is 33.1 Å². The van der Waals surface area contributed by atoms with Crippen molar-refractivity contribution in [2.24, 2.45) is 28.2 Å². The summed E-state index contributed by atoms with van der Waals surface area (Å²) in [4.78, 5) is 21.4. The van der Waals surface area contributed by atoms with Gasteiger partial charge in [0.15, 0.2) is 49.6 Å². The van der Waals surface area contributed by atoms with Crippen molar-refractivity contribution in [3.8, 4) is 44.5 Å². The van der Waals surface area contributed by atoms with E-state index in [2.05, 4.69) is 172 Å². The normalized spacial score (nSPS) is 11.7. The second-order valence-electron chi connectivity index (χ2n) is 13.4. The van der Waals surface area contributed by atoms with Crippen molar-refractivity contribution in [3.05, 3.63) is 145 Å². The van der Waals surface area contributed by atoms with Gasteiger partial charge in [0.2, 0.25) is 0 Å². The number of fused-ring (bicyclic) bond motifs is 8. The molecule has 0 saturated carbocycles. The molecule has 54 heavy (non-hydrogen) atoms. The molecular formula is C44H36ClCoN8+4. The van der Waals surface area contributed by atoms with Gasteiger partial charge in [-0.15, -0.1) is 22.1 Å². The van der Waals surface area contributed by atoms with Crippen LogP contribution in [0.25, 0.3) is 90.9 Å². The summed E-state index contributed by atoms with van der Waals surface area (Å²) < 4.78 is 8.14. The van der Waals surface area contributed by atoms with Crippen LogP contribution < -0.4 is 28.2 Å². The summed E-state index contributed by atoms with van der Waals surface area (Å²) in [6.45, 7) is 0. The number of hydrogen-bond acceptors (Lipinski definition) is 2.